The summed E-state index contributed by atoms with van der Waals surface area (Å²) in [6.07, 6.45) is 5.93. The molecule has 1 fully saturated rings. The number of hydrogen-bond acceptors (Lipinski definition) is 3. The van der Waals surface area contributed by atoms with E-state index in [2.05, 4.69) is 83.8 Å². The summed E-state index contributed by atoms with van der Waals surface area (Å²) in [6.45, 7) is 6.70. The number of thioether (sulfide) groups is 1. The summed E-state index contributed by atoms with van der Waals surface area (Å²) in [5.41, 5.74) is 8.17. The molecular formula is C27H23NS2. The third kappa shape index (κ3) is 2.91. The van der Waals surface area contributed by atoms with E-state index in [4.69, 9.17) is 0 Å². The zero-order valence-corrected chi connectivity index (χ0v) is 18.7. The smallest absolute Gasteiger partial charge is 0.0883 e. The van der Waals surface area contributed by atoms with E-state index in [1.807, 2.05) is 11.8 Å². The molecule has 0 bridgehead atoms. The van der Waals surface area contributed by atoms with Gasteiger partial charge in [-0.15, -0.1) is 0 Å². The van der Waals surface area contributed by atoms with E-state index in [0.29, 0.717) is 5.92 Å². The maximum atomic E-state index is 4.46. The van der Waals surface area contributed by atoms with Gasteiger partial charge in [0.15, 0.2) is 0 Å². The Kier molecular flexibility index (Phi) is 4.29. The van der Waals surface area contributed by atoms with Gasteiger partial charge in [0.1, 0.15) is 0 Å². The highest BCUT2D eigenvalue weighted by Gasteiger charge is 2.39. The van der Waals surface area contributed by atoms with Crippen molar-refractivity contribution in [2.75, 3.05) is 0 Å². The highest BCUT2D eigenvalue weighted by Crippen LogP contribution is 2.56. The molecule has 148 valence electrons. The van der Waals surface area contributed by atoms with Crippen molar-refractivity contribution in [3.05, 3.63) is 111 Å². The molecule has 0 radical (unpaired) electrons. The Morgan fingerprint density at radius 2 is 1.90 bits per heavy atom. The molecule has 1 aliphatic carbocycles. The van der Waals surface area contributed by atoms with Crippen LogP contribution in [0.1, 0.15) is 30.9 Å². The number of fused-ring (bicyclic) bond motifs is 2. The number of hydrogen-bond donors (Lipinski definition) is 0. The Bertz CT molecular complexity index is 1260. The summed E-state index contributed by atoms with van der Waals surface area (Å²) < 4.78 is 0. The maximum Gasteiger partial charge on any atom is 0.0883 e. The standard InChI is InChI=1S/C27H23NS2/c1-17-14-23(15-21-8-5-7-19-6-3-4-9-24(19)21)25(20-10-11-20)27-28(17)18(2)26(30-27)22-12-13-29-16-22/h3-9,12-14,16,20H,1,10-11,15H2,2H3. The molecule has 6 rings (SSSR count). The Morgan fingerprint density at radius 3 is 2.70 bits per heavy atom. The third-order valence-corrected chi connectivity index (χ3v) is 8.31. The summed E-state index contributed by atoms with van der Waals surface area (Å²) in [5, 5.41) is 8.51. The lowest BCUT2D eigenvalue weighted by Crippen LogP contribution is -2.21. The highest BCUT2D eigenvalue weighted by atomic mass is 32.2. The molecule has 2 aromatic carbocycles. The van der Waals surface area contributed by atoms with Crippen molar-refractivity contribution >= 4 is 38.8 Å². The van der Waals surface area contributed by atoms with Crippen LogP contribution in [-0.4, -0.2) is 4.90 Å². The zero-order chi connectivity index (χ0) is 20.2. The minimum atomic E-state index is 0.693. The van der Waals surface area contributed by atoms with Gasteiger partial charge in [0.2, 0.25) is 0 Å². The average molecular weight is 426 g/mol. The first kappa shape index (κ1) is 18.3. The highest BCUT2D eigenvalue weighted by molar-refractivity contribution is 8.12. The predicted octanol–water partition coefficient (Wildman–Crippen LogP) is 7.96. The lowest BCUT2D eigenvalue weighted by Gasteiger charge is -2.31. The molecule has 0 N–H and O–H groups in total. The van der Waals surface area contributed by atoms with Crippen LogP contribution in [0.5, 0.6) is 0 Å². The minimum absolute atomic E-state index is 0.693. The van der Waals surface area contributed by atoms with E-state index in [-0.39, 0.29) is 0 Å². The summed E-state index contributed by atoms with van der Waals surface area (Å²) in [5.74, 6) is 0.693. The van der Waals surface area contributed by atoms with Gasteiger partial charge in [-0.25, -0.2) is 0 Å². The Hall–Kier alpha value is -2.49. The molecule has 0 atom stereocenters. The van der Waals surface area contributed by atoms with Gasteiger partial charge in [-0.1, -0.05) is 60.8 Å². The molecule has 1 aromatic heterocycles. The molecule has 1 nitrogen and oxygen atoms in total. The normalized spacial score (nSPS) is 19.0. The van der Waals surface area contributed by atoms with E-state index in [1.165, 1.54) is 55.9 Å². The topological polar surface area (TPSA) is 3.24 Å². The number of allylic oxidation sites excluding steroid dienone is 4. The second-order valence-electron chi connectivity index (χ2n) is 8.33. The zero-order valence-electron chi connectivity index (χ0n) is 17.0. The summed E-state index contributed by atoms with van der Waals surface area (Å²) in [4.78, 5) is 3.78. The first-order valence-corrected chi connectivity index (χ1v) is 12.3. The van der Waals surface area contributed by atoms with Crippen LogP contribution in [0.4, 0.5) is 0 Å². The lowest BCUT2D eigenvalue weighted by atomic mass is 9.90. The van der Waals surface area contributed by atoms with Gasteiger partial charge >= 0.3 is 0 Å². The molecule has 0 unspecified atom stereocenters. The Labute approximate surface area is 186 Å². The van der Waals surface area contributed by atoms with Crippen LogP contribution < -0.4 is 0 Å². The number of nitrogens with zero attached hydrogens (tertiary/aromatic N) is 1. The van der Waals surface area contributed by atoms with Crippen molar-refractivity contribution in [2.24, 2.45) is 5.92 Å². The van der Waals surface area contributed by atoms with Gasteiger partial charge in [0, 0.05) is 21.9 Å². The molecule has 30 heavy (non-hydrogen) atoms. The van der Waals surface area contributed by atoms with Crippen LogP contribution in [0.25, 0.3) is 15.7 Å². The van der Waals surface area contributed by atoms with Gasteiger partial charge in [-0.2, -0.15) is 11.3 Å². The predicted molar refractivity (Wildman–Crippen MR) is 131 cm³/mol. The van der Waals surface area contributed by atoms with Gasteiger partial charge in [0.25, 0.3) is 0 Å². The molecule has 2 aliphatic heterocycles. The number of thiophene rings is 1. The fourth-order valence-corrected chi connectivity index (χ4v) is 6.89. The van der Waals surface area contributed by atoms with Crippen LogP contribution in [0.2, 0.25) is 0 Å². The molecule has 0 spiro atoms. The first-order valence-electron chi connectivity index (χ1n) is 10.5. The molecule has 3 aromatic rings. The molecule has 1 saturated carbocycles. The van der Waals surface area contributed by atoms with Crippen molar-refractivity contribution in [1.82, 2.24) is 4.90 Å². The Balaban J connectivity index is 1.44. The van der Waals surface area contributed by atoms with Crippen LogP contribution in [0, 0.1) is 5.92 Å². The average Bonchev–Trinajstić information content (AvgIpc) is 3.31. The number of rotatable bonds is 4. The van der Waals surface area contributed by atoms with Crippen molar-refractivity contribution in [3.63, 3.8) is 0 Å². The third-order valence-electron chi connectivity index (χ3n) is 6.30. The Morgan fingerprint density at radius 1 is 1.07 bits per heavy atom. The van der Waals surface area contributed by atoms with Crippen molar-refractivity contribution in [1.29, 1.82) is 0 Å². The summed E-state index contributed by atoms with van der Waals surface area (Å²) in [7, 11) is 0. The SMILES string of the molecule is C=C1C=C(Cc2cccc3ccccc23)C(C2CC2)=C2SC(c3ccsc3)=C(C)N12. The van der Waals surface area contributed by atoms with Gasteiger partial charge in [-0.3, -0.25) is 0 Å². The number of benzene rings is 2. The summed E-state index contributed by atoms with van der Waals surface area (Å²) >= 11 is 3.72. The molecule has 0 amide bonds. The fraction of sp³-hybridized carbons (Fsp3) is 0.185. The molecule has 3 aliphatic rings. The molecular weight excluding hydrogens is 402 g/mol. The van der Waals surface area contributed by atoms with Crippen molar-refractivity contribution < 1.29 is 0 Å². The largest absolute Gasteiger partial charge is 0.308 e. The summed E-state index contributed by atoms with van der Waals surface area (Å²) in [6, 6.07) is 17.7. The van der Waals surface area contributed by atoms with Crippen molar-refractivity contribution in [2.45, 2.75) is 26.2 Å². The van der Waals surface area contributed by atoms with E-state index < -0.39 is 0 Å². The minimum Gasteiger partial charge on any atom is -0.308 e. The molecule has 0 saturated heterocycles. The monoisotopic (exact) mass is 425 g/mol. The fourth-order valence-electron chi connectivity index (χ4n) is 4.74. The van der Waals surface area contributed by atoms with E-state index in [1.54, 1.807) is 16.9 Å². The van der Waals surface area contributed by atoms with Crippen molar-refractivity contribution in [3.8, 4) is 0 Å². The van der Waals surface area contributed by atoms with Gasteiger partial charge in [0.05, 0.1) is 5.03 Å². The quantitative estimate of drug-likeness (QED) is 0.417. The van der Waals surface area contributed by atoms with Crippen LogP contribution >= 0.6 is 23.1 Å². The first-order chi connectivity index (χ1) is 14.7. The van der Waals surface area contributed by atoms with Crippen LogP contribution in [-0.2, 0) is 6.42 Å². The van der Waals surface area contributed by atoms with Gasteiger partial charge < -0.3 is 4.90 Å². The molecule has 3 heterocycles. The van der Waals surface area contributed by atoms with E-state index in [9.17, 15) is 0 Å². The van der Waals surface area contributed by atoms with E-state index in [0.717, 1.165) is 12.1 Å². The van der Waals surface area contributed by atoms with Crippen LogP contribution in [0.15, 0.2) is 99.5 Å². The van der Waals surface area contributed by atoms with Crippen LogP contribution in [0.3, 0.4) is 0 Å². The maximum absolute atomic E-state index is 4.46. The van der Waals surface area contributed by atoms with Gasteiger partial charge in [-0.05, 0) is 82.5 Å². The molecule has 3 heteroatoms. The lowest BCUT2D eigenvalue weighted by molar-refractivity contribution is 0.573. The second kappa shape index (κ2) is 7.04. The second-order valence-corrected chi connectivity index (χ2v) is 10.1. The van der Waals surface area contributed by atoms with E-state index >= 15 is 0 Å².